The molecule has 0 saturated heterocycles. The van der Waals surface area contributed by atoms with Gasteiger partial charge in [-0.1, -0.05) is 237 Å². The standard InChI is InChI=1S/C71H45N5.C23H13F4N.C8H6F2O.C7H6O/c1-2-20-46(21-3-1)47-42-62(48-38-50(73-64-30-12-4-22-54(64)55-23-5-13-31-65(55)73)44-51(39-48)74-66-32-14-6-24-56(66)57-25-7-15-33-67(57)74)72-63(43-47)49-40-52(75-68-34-16-8-26-58(68)59-27-9-17-35-69(59)75)45-53(41-49)76-70-36-18-10-28-60(70)61-29-11-19-37-71(61)76;24-18-6-16(7-19(25)12-18)22-10-15(14-4-2-1-3-5-14)11-23(28-22)17-8-20(26)13-21(27)9-17;1-5(11)6-2-7(9)4-8(10)3-6;8-6-7-4-2-1-3-5-7/h1-45H;1-13H;2-4H,1H3;1-6H. The first-order valence-corrected chi connectivity index (χ1v) is 40.0. The number of nitrogens with zero attached hydrogens (tertiary/aromatic N) is 6. The molecule has 0 atom stereocenters. The van der Waals surface area contributed by atoms with Crippen LogP contribution in [-0.2, 0) is 0 Å². The Morgan fingerprint density at radius 1 is 0.228 bits per heavy atom. The maximum atomic E-state index is 13.7. The van der Waals surface area contributed by atoms with E-state index in [0.29, 0.717) is 17.0 Å². The summed E-state index contributed by atoms with van der Waals surface area (Å²) in [6.07, 6.45) is 0.833. The topological polar surface area (TPSA) is 79.6 Å². The lowest BCUT2D eigenvalue weighted by Gasteiger charge is -2.18. The van der Waals surface area contributed by atoms with E-state index in [9.17, 15) is 35.9 Å². The van der Waals surface area contributed by atoms with Crippen LogP contribution in [0.2, 0.25) is 0 Å². The first kappa shape index (κ1) is 76.9. The number of carbonyl (C=O) groups excluding carboxylic acids is 2. The second-order valence-electron chi connectivity index (χ2n) is 30.0. The summed E-state index contributed by atoms with van der Waals surface area (Å²) in [7, 11) is 0. The van der Waals surface area contributed by atoms with Gasteiger partial charge < -0.3 is 18.3 Å². The molecule has 0 amide bonds. The van der Waals surface area contributed by atoms with Crippen molar-refractivity contribution in [3.8, 4) is 90.0 Å². The minimum Gasteiger partial charge on any atom is -0.309 e. The van der Waals surface area contributed by atoms with Crippen LogP contribution in [0.5, 0.6) is 0 Å². The first-order valence-electron chi connectivity index (χ1n) is 40.0. The molecular weight excluding hydrogens is 1540 g/mol. The number of hydrogen-bond acceptors (Lipinski definition) is 4. The lowest BCUT2D eigenvalue weighted by molar-refractivity contribution is 0.101. The van der Waals surface area contributed by atoms with E-state index in [1.165, 1.54) is 50.0 Å². The molecule has 123 heavy (non-hydrogen) atoms. The quantitative estimate of drug-likeness (QED) is 0.0693. The van der Waals surface area contributed by atoms with Crippen molar-refractivity contribution in [3.63, 3.8) is 0 Å². The summed E-state index contributed by atoms with van der Waals surface area (Å²) in [5.41, 5.74) is 22.8. The SMILES string of the molecule is CC(=O)c1cc(F)cc(F)c1.Fc1cc(F)cc(-c2cc(-c3ccccc3)cc(-c3cc(F)cc(F)c3)n2)c1.O=Cc1ccccc1.c1ccc(-c2cc(-c3cc(-n4c5ccccc5c5ccccc54)cc(-n4c5ccccc5c5ccccc54)c3)nc(-c3cc(-n4c5ccccc5c5ccccc54)cc(-n4c5ccccc5c5ccccc54)c3)c2)cc1. The van der Waals surface area contributed by atoms with Gasteiger partial charge in [-0.25, -0.2) is 36.3 Å². The van der Waals surface area contributed by atoms with Crippen molar-refractivity contribution >= 4 is 99.3 Å². The van der Waals surface area contributed by atoms with E-state index >= 15 is 0 Å². The Kier molecular flexibility index (Phi) is 20.6. The van der Waals surface area contributed by atoms with Gasteiger partial charge in [-0.05, 0) is 175 Å². The maximum Gasteiger partial charge on any atom is 0.160 e. The van der Waals surface area contributed by atoms with Gasteiger partial charge in [0.1, 0.15) is 41.2 Å². The zero-order valence-corrected chi connectivity index (χ0v) is 66.0. The molecule has 0 radical (unpaired) electrons. The minimum atomic E-state index is -0.736. The van der Waals surface area contributed by atoms with Gasteiger partial charge in [-0.2, -0.15) is 0 Å². The number of fused-ring (bicyclic) bond motifs is 12. The molecular formula is C109H70F6N6O2. The Hall–Kier alpha value is -16.1. The van der Waals surface area contributed by atoms with Gasteiger partial charge in [-0.3, -0.25) is 9.59 Å². The Morgan fingerprint density at radius 2 is 0.439 bits per heavy atom. The van der Waals surface area contributed by atoms with E-state index in [1.807, 2.05) is 48.5 Å². The maximum absolute atomic E-state index is 13.7. The molecule has 22 rings (SSSR count). The average molecular weight is 1610 g/mol. The molecule has 22 aromatic rings. The van der Waals surface area contributed by atoms with E-state index in [4.69, 9.17) is 4.98 Å². The van der Waals surface area contributed by atoms with Crippen LogP contribution in [0.15, 0.2) is 400 Å². The molecule has 0 N–H and O–H groups in total. The third-order valence-electron chi connectivity index (χ3n) is 22.1. The molecule has 0 spiro atoms. The Bertz CT molecular complexity index is 6950. The number of carbonyl (C=O) groups is 2. The fourth-order valence-corrected chi connectivity index (χ4v) is 16.7. The van der Waals surface area contributed by atoms with Gasteiger partial charge in [-0.15, -0.1) is 0 Å². The van der Waals surface area contributed by atoms with Crippen LogP contribution in [0.1, 0.15) is 27.6 Å². The summed E-state index contributed by atoms with van der Waals surface area (Å²) < 4.78 is 89.3. The molecule has 0 aliphatic rings. The third-order valence-corrected chi connectivity index (χ3v) is 22.1. The molecule has 8 nitrogen and oxygen atoms in total. The number of pyridine rings is 2. The van der Waals surface area contributed by atoms with Crippen LogP contribution in [-0.4, -0.2) is 40.3 Å². The van der Waals surface area contributed by atoms with Gasteiger partial charge >= 0.3 is 0 Å². The number of benzene rings is 16. The van der Waals surface area contributed by atoms with Crippen LogP contribution in [0.25, 0.3) is 177 Å². The lowest BCUT2D eigenvalue weighted by atomic mass is 9.99. The first-order chi connectivity index (χ1) is 60.2. The summed E-state index contributed by atoms with van der Waals surface area (Å²) in [4.78, 5) is 30.9. The van der Waals surface area contributed by atoms with Crippen molar-refractivity contribution < 1.29 is 35.9 Å². The van der Waals surface area contributed by atoms with E-state index in [1.54, 1.807) is 24.3 Å². The Labute approximate surface area is 702 Å². The highest BCUT2D eigenvalue weighted by molar-refractivity contribution is 6.13. The van der Waals surface area contributed by atoms with Crippen LogP contribution in [0, 0.1) is 34.9 Å². The summed E-state index contributed by atoms with van der Waals surface area (Å²) in [6.45, 7) is 1.26. The van der Waals surface area contributed by atoms with Gasteiger partial charge in [0.25, 0.3) is 0 Å². The molecule has 0 aliphatic heterocycles. The zero-order chi connectivity index (χ0) is 83.8. The predicted octanol–water partition coefficient (Wildman–Crippen LogP) is 28.8. The van der Waals surface area contributed by atoms with Crippen LogP contribution < -0.4 is 0 Å². The second-order valence-corrected chi connectivity index (χ2v) is 30.0. The molecule has 16 aromatic carbocycles. The smallest absolute Gasteiger partial charge is 0.160 e. The molecule has 6 heterocycles. The number of rotatable bonds is 12. The van der Waals surface area contributed by atoms with Crippen molar-refractivity contribution in [2.45, 2.75) is 6.92 Å². The molecule has 0 bridgehead atoms. The Balaban J connectivity index is 0.000000171. The van der Waals surface area contributed by atoms with Gasteiger partial charge in [0.2, 0.25) is 0 Å². The number of para-hydroxylation sites is 8. The molecule has 590 valence electrons. The minimum absolute atomic E-state index is 0.0579. The van der Waals surface area contributed by atoms with E-state index in [0.717, 1.165) is 173 Å². The normalized spacial score (nSPS) is 11.3. The summed E-state index contributed by atoms with van der Waals surface area (Å²) in [5, 5.41) is 9.75. The lowest BCUT2D eigenvalue weighted by Crippen LogP contribution is -2.02. The number of hydrogen-bond donors (Lipinski definition) is 0. The van der Waals surface area contributed by atoms with Crippen molar-refractivity contribution in [3.05, 3.63) is 446 Å². The predicted molar refractivity (Wildman–Crippen MR) is 486 cm³/mol. The highest BCUT2D eigenvalue weighted by atomic mass is 19.2. The fraction of sp³-hybridized carbons (Fsp3) is 0.00917. The zero-order valence-electron chi connectivity index (χ0n) is 66.0. The summed E-state index contributed by atoms with van der Waals surface area (Å²) in [6, 6.07) is 130. The van der Waals surface area contributed by atoms with Crippen molar-refractivity contribution in [2.75, 3.05) is 0 Å². The van der Waals surface area contributed by atoms with Gasteiger partial charge in [0.05, 0.1) is 66.9 Å². The van der Waals surface area contributed by atoms with Crippen molar-refractivity contribution in [2.24, 2.45) is 0 Å². The highest BCUT2D eigenvalue weighted by Gasteiger charge is 2.23. The van der Waals surface area contributed by atoms with Gasteiger partial charge in [0.15, 0.2) is 5.78 Å². The molecule has 0 unspecified atom stereocenters. The monoisotopic (exact) mass is 1610 g/mol. The summed E-state index contributed by atoms with van der Waals surface area (Å²) in [5.74, 6) is -4.74. The molecule has 0 saturated carbocycles. The molecule has 0 aliphatic carbocycles. The molecule has 0 fully saturated rings. The van der Waals surface area contributed by atoms with Crippen molar-refractivity contribution in [1.29, 1.82) is 0 Å². The van der Waals surface area contributed by atoms with E-state index in [2.05, 4.69) is 296 Å². The largest absolute Gasteiger partial charge is 0.309 e. The second kappa shape index (κ2) is 33.0. The highest BCUT2D eigenvalue weighted by Crippen LogP contribution is 2.43. The van der Waals surface area contributed by atoms with E-state index < -0.39 is 34.9 Å². The number of aromatic nitrogens is 6. The average Bonchev–Trinajstić information content (AvgIpc) is 1.58. The molecule has 6 aromatic heterocycles. The van der Waals surface area contributed by atoms with Crippen LogP contribution >= 0.6 is 0 Å². The number of aldehydes is 1. The van der Waals surface area contributed by atoms with Crippen molar-refractivity contribution in [1.82, 2.24) is 28.2 Å². The Morgan fingerprint density at radius 3 is 0.667 bits per heavy atom. The number of halogens is 6. The number of Topliss-reactive ketones (excluding diaryl/α,β-unsaturated/α-hetero) is 1. The number of ketones is 1. The molecule has 14 heteroatoms. The fourth-order valence-electron chi connectivity index (χ4n) is 16.7. The van der Waals surface area contributed by atoms with Gasteiger partial charge in [0, 0.05) is 117 Å². The van der Waals surface area contributed by atoms with Crippen LogP contribution in [0.3, 0.4) is 0 Å². The van der Waals surface area contributed by atoms with E-state index in [-0.39, 0.29) is 22.5 Å². The summed E-state index contributed by atoms with van der Waals surface area (Å²) >= 11 is 0. The third kappa shape index (κ3) is 15.3. The van der Waals surface area contributed by atoms with Crippen LogP contribution in [0.4, 0.5) is 26.3 Å².